The summed E-state index contributed by atoms with van der Waals surface area (Å²) in [6.07, 6.45) is 2.36. The van der Waals surface area contributed by atoms with Gasteiger partial charge in [0.15, 0.2) is 0 Å². The normalized spacial score (nSPS) is 13.5. The molecule has 0 radical (unpaired) electrons. The van der Waals surface area contributed by atoms with E-state index in [0.29, 0.717) is 6.04 Å². The lowest BCUT2D eigenvalue weighted by Crippen LogP contribution is -2.38. The Morgan fingerprint density at radius 3 is 2.42 bits per heavy atom. The van der Waals surface area contributed by atoms with E-state index < -0.39 is 0 Å². The molecule has 0 saturated heterocycles. The van der Waals surface area contributed by atoms with Gasteiger partial charge in [-0.15, -0.1) is 0 Å². The average Bonchev–Trinajstić information content (AvgIpc) is 2.40. The lowest BCUT2D eigenvalue weighted by molar-refractivity contribution is 0.424. The van der Waals surface area contributed by atoms with E-state index in [1.807, 2.05) is 0 Å². The Bertz CT molecular complexity index is 332. The van der Waals surface area contributed by atoms with Crippen LogP contribution in [0.5, 0.6) is 0 Å². The number of rotatable bonds is 9. The molecule has 0 amide bonds. The minimum atomic E-state index is 0.241. The second-order valence-electron chi connectivity index (χ2n) is 6.06. The van der Waals surface area contributed by atoms with Crippen LogP contribution >= 0.6 is 0 Å². The van der Waals surface area contributed by atoms with Crippen LogP contribution in [0.15, 0.2) is 30.3 Å². The van der Waals surface area contributed by atoms with Gasteiger partial charge in [-0.3, -0.25) is 0 Å². The molecule has 0 saturated carbocycles. The van der Waals surface area contributed by atoms with Gasteiger partial charge in [0, 0.05) is 12.6 Å². The van der Waals surface area contributed by atoms with Crippen molar-refractivity contribution in [1.82, 2.24) is 10.6 Å². The fourth-order valence-electron chi connectivity index (χ4n) is 2.23. The molecule has 0 aliphatic carbocycles. The molecule has 0 spiro atoms. The summed E-state index contributed by atoms with van der Waals surface area (Å²) < 4.78 is 0. The summed E-state index contributed by atoms with van der Waals surface area (Å²) in [4.78, 5) is 0. The van der Waals surface area contributed by atoms with Crippen molar-refractivity contribution < 1.29 is 0 Å². The van der Waals surface area contributed by atoms with Gasteiger partial charge in [0.25, 0.3) is 0 Å². The summed E-state index contributed by atoms with van der Waals surface area (Å²) >= 11 is 0. The van der Waals surface area contributed by atoms with Gasteiger partial charge in [-0.05, 0) is 43.8 Å². The van der Waals surface area contributed by atoms with Crippen LogP contribution in [0.2, 0.25) is 0 Å². The van der Waals surface area contributed by atoms with Gasteiger partial charge in [0.2, 0.25) is 0 Å². The number of benzene rings is 1. The Kier molecular flexibility index (Phi) is 7.11. The topological polar surface area (TPSA) is 24.1 Å². The van der Waals surface area contributed by atoms with E-state index in [1.165, 1.54) is 12.0 Å². The van der Waals surface area contributed by atoms with Crippen LogP contribution < -0.4 is 10.6 Å². The highest BCUT2D eigenvalue weighted by Gasteiger charge is 2.19. The van der Waals surface area contributed by atoms with Gasteiger partial charge in [-0.25, -0.2) is 0 Å². The van der Waals surface area contributed by atoms with Gasteiger partial charge in [0.05, 0.1) is 0 Å². The van der Waals surface area contributed by atoms with Crippen molar-refractivity contribution in [2.45, 2.75) is 52.0 Å². The molecule has 2 nitrogen and oxygen atoms in total. The zero-order valence-electron chi connectivity index (χ0n) is 13.0. The summed E-state index contributed by atoms with van der Waals surface area (Å²) in [5, 5.41) is 7.06. The molecule has 1 aromatic rings. The molecule has 0 aliphatic rings. The van der Waals surface area contributed by atoms with Crippen LogP contribution in [0.4, 0.5) is 0 Å². The molecule has 0 aromatic heterocycles. The molecule has 1 aromatic carbocycles. The van der Waals surface area contributed by atoms with Gasteiger partial charge in [-0.1, -0.05) is 51.1 Å². The number of hydrogen-bond acceptors (Lipinski definition) is 2. The predicted molar refractivity (Wildman–Crippen MR) is 84.7 cm³/mol. The monoisotopic (exact) mass is 262 g/mol. The van der Waals surface area contributed by atoms with Gasteiger partial charge in [0.1, 0.15) is 0 Å². The minimum absolute atomic E-state index is 0.241. The van der Waals surface area contributed by atoms with Crippen molar-refractivity contribution in [3.05, 3.63) is 35.9 Å². The van der Waals surface area contributed by atoms with E-state index in [-0.39, 0.29) is 5.41 Å². The Morgan fingerprint density at radius 1 is 1.11 bits per heavy atom. The zero-order chi connectivity index (χ0) is 14.1. The average molecular weight is 262 g/mol. The van der Waals surface area contributed by atoms with Crippen LogP contribution in [-0.4, -0.2) is 25.7 Å². The fourth-order valence-corrected chi connectivity index (χ4v) is 2.23. The SMILES string of the molecule is CCCNCC(C)NCCC(C)(C)c1ccccc1. The molecular weight excluding hydrogens is 232 g/mol. The van der Waals surface area contributed by atoms with E-state index in [1.54, 1.807) is 0 Å². The summed E-state index contributed by atoms with van der Waals surface area (Å²) in [7, 11) is 0. The van der Waals surface area contributed by atoms with Crippen LogP contribution in [0, 0.1) is 0 Å². The molecule has 1 rings (SSSR count). The highest BCUT2D eigenvalue weighted by Crippen LogP contribution is 2.25. The van der Waals surface area contributed by atoms with Gasteiger partial charge in [-0.2, -0.15) is 0 Å². The Balaban J connectivity index is 2.28. The third-order valence-electron chi connectivity index (χ3n) is 3.68. The Labute approximate surface area is 119 Å². The highest BCUT2D eigenvalue weighted by atomic mass is 15.0. The molecule has 2 N–H and O–H groups in total. The molecule has 1 unspecified atom stereocenters. The number of hydrogen-bond donors (Lipinski definition) is 2. The Hall–Kier alpha value is -0.860. The van der Waals surface area contributed by atoms with E-state index in [9.17, 15) is 0 Å². The first kappa shape index (κ1) is 16.2. The van der Waals surface area contributed by atoms with Crippen molar-refractivity contribution >= 4 is 0 Å². The predicted octanol–water partition coefficient (Wildman–Crippen LogP) is 3.33. The molecule has 19 heavy (non-hydrogen) atoms. The fraction of sp³-hybridized carbons (Fsp3) is 0.647. The maximum atomic E-state index is 3.60. The summed E-state index contributed by atoms with van der Waals surface area (Å²) in [5.74, 6) is 0. The number of nitrogens with one attached hydrogen (secondary N) is 2. The molecule has 108 valence electrons. The first-order valence-corrected chi connectivity index (χ1v) is 7.56. The van der Waals surface area contributed by atoms with Gasteiger partial charge < -0.3 is 10.6 Å². The molecule has 0 heterocycles. The van der Waals surface area contributed by atoms with Crippen LogP contribution in [-0.2, 0) is 5.41 Å². The summed E-state index contributed by atoms with van der Waals surface area (Å²) in [5.41, 5.74) is 1.67. The maximum Gasteiger partial charge on any atom is 0.0164 e. The second-order valence-corrected chi connectivity index (χ2v) is 6.06. The molecule has 0 fully saturated rings. The van der Waals surface area contributed by atoms with E-state index >= 15 is 0 Å². The lowest BCUT2D eigenvalue weighted by Gasteiger charge is -2.26. The third-order valence-corrected chi connectivity index (χ3v) is 3.68. The van der Waals surface area contributed by atoms with Crippen LogP contribution in [0.3, 0.4) is 0 Å². The molecule has 0 aliphatic heterocycles. The van der Waals surface area contributed by atoms with E-state index in [4.69, 9.17) is 0 Å². The van der Waals surface area contributed by atoms with Crippen molar-refractivity contribution in [2.24, 2.45) is 0 Å². The van der Waals surface area contributed by atoms with E-state index in [2.05, 4.69) is 68.7 Å². The van der Waals surface area contributed by atoms with Gasteiger partial charge >= 0.3 is 0 Å². The maximum absolute atomic E-state index is 3.60. The summed E-state index contributed by atoms with van der Waals surface area (Å²) in [6, 6.07) is 11.3. The van der Waals surface area contributed by atoms with Crippen LogP contribution in [0.25, 0.3) is 0 Å². The lowest BCUT2D eigenvalue weighted by atomic mass is 9.81. The molecular formula is C17H30N2. The summed E-state index contributed by atoms with van der Waals surface area (Å²) in [6.45, 7) is 12.3. The van der Waals surface area contributed by atoms with Crippen molar-refractivity contribution in [1.29, 1.82) is 0 Å². The van der Waals surface area contributed by atoms with Crippen molar-refractivity contribution in [3.63, 3.8) is 0 Å². The van der Waals surface area contributed by atoms with Crippen molar-refractivity contribution in [3.8, 4) is 0 Å². The smallest absolute Gasteiger partial charge is 0.0164 e. The van der Waals surface area contributed by atoms with E-state index in [0.717, 1.165) is 26.1 Å². The Morgan fingerprint density at radius 2 is 1.79 bits per heavy atom. The zero-order valence-corrected chi connectivity index (χ0v) is 13.0. The molecule has 0 bridgehead atoms. The van der Waals surface area contributed by atoms with Crippen molar-refractivity contribution in [2.75, 3.05) is 19.6 Å². The quantitative estimate of drug-likeness (QED) is 0.667. The largest absolute Gasteiger partial charge is 0.315 e. The first-order valence-electron chi connectivity index (χ1n) is 7.56. The third kappa shape index (κ3) is 6.22. The second kappa shape index (κ2) is 8.34. The minimum Gasteiger partial charge on any atom is -0.315 e. The first-order chi connectivity index (χ1) is 9.06. The highest BCUT2D eigenvalue weighted by molar-refractivity contribution is 5.23. The molecule has 1 atom stereocenters. The standard InChI is InChI=1S/C17H30N2/c1-5-12-18-14-15(2)19-13-11-17(3,4)16-9-7-6-8-10-16/h6-10,15,18-19H,5,11-14H2,1-4H3. The van der Waals surface area contributed by atoms with Crippen LogP contribution in [0.1, 0.15) is 46.1 Å². The molecule has 2 heteroatoms.